The number of nitrogens with zero attached hydrogens (tertiary/aromatic N) is 2. The van der Waals surface area contributed by atoms with Crippen molar-refractivity contribution < 1.29 is 23.8 Å². The van der Waals surface area contributed by atoms with Crippen LogP contribution in [0.1, 0.15) is 85.2 Å². The molecule has 0 spiro atoms. The zero-order chi connectivity index (χ0) is 29.1. The van der Waals surface area contributed by atoms with E-state index < -0.39 is 5.60 Å². The van der Waals surface area contributed by atoms with E-state index in [1.807, 2.05) is 69.3 Å². The molecule has 7 nitrogen and oxygen atoms in total. The maximum absolute atomic E-state index is 12.5. The van der Waals surface area contributed by atoms with Gasteiger partial charge >= 0.3 is 11.9 Å². The molecular weight excluding hydrogens is 584 g/mol. The maximum Gasteiger partial charge on any atom is 0.338 e. The lowest BCUT2D eigenvalue weighted by Crippen LogP contribution is -2.24. The molecule has 0 N–H and O–H groups in total. The summed E-state index contributed by atoms with van der Waals surface area (Å²) < 4.78 is 19.7. The van der Waals surface area contributed by atoms with E-state index >= 15 is 0 Å². The van der Waals surface area contributed by atoms with Crippen molar-refractivity contribution in [2.75, 3.05) is 7.11 Å². The minimum absolute atomic E-state index is 0.285. The van der Waals surface area contributed by atoms with Gasteiger partial charge in [-0.15, -0.1) is 0 Å². The topological polar surface area (TPSA) is 79.7 Å². The summed E-state index contributed by atoms with van der Waals surface area (Å²) in [5.41, 5.74) is 4.03. The highest BCUT2D eigenvalue weighted by atomic mass is 79.9. The molecule has 5 rings (SSSR count). The predicted molar refractivity (Wildman–Crippen MR) is 162 cm³/mol. The summed E-state index contributed by atoms with van der Waals surface area (Å²) in [5.74, 6) is 0.852. The minimum atomic E-state index is -0.566. The Morgan fingerprint density at radius 3 is 2.29 bits per heavy atom. The Morgan fingerprint density at radius 1 is 0.927 bits per heavy atom. The van der Waals surface area contributed by atoms with Crippen molar-refractivity contribution in [3.63, 3.8) is 0 Å². The van der Waals surface area contributed by atoms with Crippen molar-refractivity contribution in [1.29, 1.82) is 0 Å². The van der Waals surface area contributed by atoms with Gasteiger partial charge in [0.2, 0.25) is 0 Å². The number of hydrogen-bond donors (Lipinski definition) is 0. The van der Waals surface area contributed by atoms with E-state index in [0.717, 1.165) is 45.3 Å². The van der Waals surface area contributed by atoms with Crippen LogP contribution in [0.25, 0.3) is 22.4 Å². The highest BCUT2D eigenvalue weighted by molar-refractivity contribution is 9.10. The lowest BCUT2D eigenvalue weighted by Gasteiger charge is -2.25. The first kappa shape index (κ1) is 28.9. The molecule has 8 heteroatoms. The van der Waals surface area contributed by atoms with Crippen LogP contribution in [0.5, 0.6) is 5.75 Å². The van der Waals surface area contributed by atoms with Crippen molar-refractivity contribution in [3.8, 4) is 17.1 Å². The molecule has 1 fully saturated rings. The quantitative estimate of drug-likeness (QED) is 0.194. The maximum atomic E-state index is 12.5. The Bertz CT molecular complexity index is 1560. The van der Waals surface area contributed by atoms with Gasteiger partial charge in [0.05, 0.1) is 29.3 Å². The Balaban J connectivity index is 1.39. The molecule has 0 aliphatic heterocycles. The Hall–Kier alpha value is -3.65. The van der Waals surface area contributed by atoms with Gasteiger partial charge in [-0.25, -0.2) is 14.6 Å². The number of ether oxygens (including phenoxy) is 3. The summed E-state index contributed by atoms with van der Waals surface area (Å²) in [6.07, 6.45) is 5.86. The second kappa shape index (κ2) is 12.1. The molecule has 4 aromatic rings. The van der Waals surface area contributed by atoms with E-state index in [1.54, 1.807) is 12.1 Å². The molecule has 3 aromatic carbocycles. The molecular formula is C33H35BrN2O5. The van der Waals surface area contributed by atoms with Crippen LogP contribution in [0.15, 0.2) is 65.1 Å². The third kappa shape index (κ3) is 6.64. The molecule has 41 heavy (non-hydrogen) atoms. The van der Waals surface area contributed by atoms with Gasteiger partial charge < -0.3 is 18.8 Å². The highest BCUT2D eigenvalue weighted by Crippen LogP contribution is 2.36. The van der Waals surface area contributed by atoms with Gasteiger partial charge in [0, 0.05) is 21.6 Å². The Morgan fingerprint density at radius 2 is 1.61 bits per heavy atom. The number of imidazole rings is 1. The summed E-state index contributed by atoms with van der Waals surface area (Å²) in [6, 6.07) is 19.2. The standard InChI is InChI=1S/C33H35BrN2O5/c1-33(2,3)41-32(38)22-12-16-27(34)24(18-22)20-40-26-14-10-21(11-15-26)30-35-28-19-23(31(37)39-4)13-17-29(28)36(30)25-8-6-5-7-9-25/h10-19,25H,5-9,20H2,1-4H3. The molecule has 0 saturated heterocycles. The molecule has 0 bridgehead atoms. The first-order chi connectivity index (χ1) is 19.6. The molecule has 0 amide bonds. The fourth-order valence-corrected chi connectivity index (χ4v) is 5.63. The van der Waals surface area contributed by atoms with Crippen LogP contribution in [0, 0.1) is 0 Å². The molecule has 214 valence electrons. The summed E-state index contributed by atoms with van der Waals surface area (Å²) in [6.45, 7) is 5.83. The minimum Gasteiger partial charge on any atom is -0.489 e. The zero-order valence-electron chi connectivity index (χ0n) is 23.9. The number of carbonyl (C=O) groups is 2. The zero-order valence-corrected chi connectivity index (χ0v) is 25.5. The van der Waals surface area contributed by atoms with E-state index in [0.29, 0.717) is 22.9 Å². The average molecular weight is 620 g/mol. The van der Waals surface area contributed by atoms with E-state index in [-0.39, 0.29) is 18.5 Å². The number of esters is 2. The second-order valence-corrected chi connectivity index (χ2v) is 12.3. The molecule has 1 aliphatic rings. The van der Waals surface area contributed by atoms with Gasteiger partial charge in [-0.1, -0.05) is 35.2 Å². The van der Waals surface area contributed by atoms with Crippen LogP contribution in [-0.2, 0) is 16.1 Å². The van der Waals surface area contributed by atoms with Crippen LogP contribution in [0.2, 0.25) is 0 Å². The molecule has 0 atom stereocenters. The number of fused-ring (bicyclic) bond motifs is 1. The molecule has 0 radical (unpaired) electrons. The van der Waals surface area contributed by atoms with Crippen molar-refractivity contribution in [2.24, 2.45) is 0 Å². The van der Waals surface area contributed by atoms with Gasteiger partial charge in [0.25, 0.3) is 0 Å². The molecule has 1 saturated carbocycles. The normalized spacial score (nSPS) is 14.2. The number of rotatable bonds is 7. The van der Waals surface area contributed by atoms with Crippen LogP contribution >= 0.6 is 15.9 Å². The predicted octanol–water partition coefficient (Wildman–Crippen LogP) is 8.29. The SMILES string of the molecule is COC(=O)c1ccc2c(c1)nc(-c1ccc(OCc3cc(C(=O)OC(C)(C)C)ccc3Br)cc1)n2C1CCCCC1. The number of benzene rings is 3. The van der Waals surface area contributed by atoms with Crippen molar-refractivity contribution in [2.45, 2.75) is 71.1 Å². The van der Waals surface area contributed by atoms with E-state index in [1.165, 1.54) is 26.4 Å². The number of hydrogen-bond acceptors (Lipinski definition) is 6. The monoisotopic (exact) mass is 618 g/mol. The van der Waals surface area contributed by atoms with E-state index in [4.69, 9.17) is 19.2 Å². The third-order valence-corrected chi connectivity index (χ3v) is 8.01. The lowest BCUT2D eigenvalue weighted by atomic mass is 9.95. The lowest BCUT2D eigenvalue weighted by molar-refractivity contribution is 0.00691. The van der Waals surface area contributed by atoms with Gasteiger partial charge in [0.15, 0.2) is 0 Å². The van der Waals surface area contributed by atoms with E-state index in [9.17, 15) is 9.59 Å². The number of carbonyl (C=O) groups excluding carboxylic acids is 2. The van der Waals surface area contributed by atoms with Crippen LogP contribution in [-0.4, -0.2) is 34.2 Å². The smallest absolute Gasteiger partial charge is 0.338 e. The van der Waals surface area contributed by atoms with Crippen molar-refractivity contribution in [1.82, 2.24) is 9.55 Å². The number of methoxy groups -OCH3 is 1. The van der Waals surface area contributed by atoms with Crippen molar-refractivity contribution in [3.05, 3.63) is 81.8 Å². The number of halogens is 1. The van der Waals surface area contributed by atoms with Crippen molar-refractivity contribution >= 4 is 38.9 Å². The van der Waals surface area contributed by atoms with Crippen LogP contribution in [0.3, 0.4) is 0 Å². The Labute approximate surface area is 249 Å². The van der Waals surface area contributed by atoms with Gasteiger partial charge in [0.1, 0.15) is 23.8 Å². The second-order valence-electron chi connectivity index (χ2n) is 11.4. The first-order valence-corrected chi connectivity index (χ1v) is 14.8. The van der Waals surface area contributed by atoms with Crippen LogP contribution < -0.4 is 4.74 Å². The van der Waals surface area contributed by atoms with Crippen LogP contribution in [0.4, 0.5) is 0 Å². The molecule has 1 heterocycles. The molecule has 0 unspecified atom stereocenters. The first-order valence-electron chi connectivity index (χ1n) is 14.0. The van der Waals surface area contributed by atoms with Gasteiger partial charge in [-0.2, -0.15) is 0 Å². The summed E-state index contributed by atoms with van der Waals surface area (Å²) in [4.78, 5) is 29.7. The molecule has 1 aromatic heterocycles. The van der Waals surface area contributed by atoms with E-state index in [2.05, 4.69) is 20.5 Å². The summed E-state index contributed by atoms with van der Waals surface area (Å²) in [7, 11) is 1.39. The fourth-order valence-electron chi connectivity index (χ4n) is 5.27. The average Bonchev–Trinajstić information content (AvgIpc) is 3.35. The molecule has 1 aliphatic carbocycles. The highest BCUT2D eigenvalue weighted by Gasteiger charge is 2.23. The number of aromatic nitrogens is 2. The largest absolute Gasteiger partial charge is 0.489 e. The Kier molecular flexibility index (Phi) is 8.50. The fraction of sp³-hybridized carbons (Fsp3) is 0.364. The summed E-state index contributed by atoms with van der Waals surface area (Å²) >= 11 is 3.57. The van der Waals surface area contributed by atoms with Gasteiger partial charge in [-0.3, -0.25) is 0 Å². The van der Waals surface area contributed by atoms with Gasteiger partial charge in [-0.05, 0) is 94.3 Å². The third-order valence-electron chi connectivity index (χ3n) is 7.24. The summed E-state index contributed by atoms with van der Waals surface area (Å²) in [5, 5.41) is 0.